The van der Waals surface area contributed by atoms with Crippen LogP contribution in [0.15, 0.2) is 83.0 Å². The fraction of sp³-hybridized carbons (Fsp3) is 0.226. The first-order valence-corrected chi connectivity index (χ1v) is 12.0. The Morgan fingerprint density at radius 3 is 1.29 bits per heavy atom. The van der Waals surface area contributed by atoms with Gasteiger partial charge in [-0.2, -0.15) is 0 Å². The van der Waals surface area contributed by atoms with Crippen LogP contribution in [0.3, 0.4) is 0 Å². The lowest BCUT2D eigenvalue weighted by atomic mass is 9.96. The molecule has 176 valence electrons. The first kappa shape index (κ1) is 24.2. The third-order valence-electron chi connectivity index (χ3n) is 6.14. The fourth-order valence-corrected chi connectivity index (χ4v) is 4.49. The SMILES string of the molecule is CC(=Nc1c(C)cc(Cc2cc(C)c(N=C(C)c3ccccn3)c(C)c2)cc1C)c1ccccn1. The molecule has 2 heterocycles. The van der Waals surface area contributed by atoms with Crippen LogP contribution in [0.2, 0.25) is 0 Å². The van der Waals surface area contributed by atoms with E-state index in [1.165, 1.54) is 33.4 Å². The minimum Gasteiger partial charge on any atom is -0.255 e. The number of aryl methyl sites for hydroxylation is 4. The van der Waals surface area contributed by atoms with Crippen molar-refractivity contribution in [1.82, 2.24) is 9.97 Å². The van der Waals surface area contributed by atoms with Crippen LogP contribution in [-0.2, 0) is 6.42 Å². The van der Waals surface area contributed by atoms with Gasteiger partial charge in [0, 0.05) is 12.4 Å². The van der Waals surface area contributed by atoms with Crippen LogP contribution in [0.1, 0.15) is 58.6 Å². The number of pyridine rings is 2. The number of hydrogen-bond donors (Lipinski definition) is 0. The summed E-state index contributed by atoms with van der Waals surface area (Å²) in [7, 11) is 0. The van der Waals surface area contributed by atoms with Gasteiger partial charge in [-0.15, -0.1) is 0 Å². The van der Waals surface area contributed by atoms with Crippen LogP contribution in [0.4, 0.5) is 11.4 Å². The van der Waals surface area contributed by atoms with E-state index in [2.05, 4.69) is 61.9 Å². The van der Waals surface area contributed by atoms with Gasteiger partial charge in [-0.25, -0.2) is 0 Å². The molecule has 0 aliphatic heterocycles. The lowest BCUT2D eigenvalue weighted by molar-refractivity contribution is 1.14. The summed E-state index contributed by atoms with van der Waals surface area (Å²) in [5.41, 5.74) is 13.0. The van der Waals surface area contributed by atoms with Gasteiger partial charge >= 0.3 is 0 Å². The molecular formula is C31H32N4. The van der Waals surface area contributed by atoms with Crippen molar-refractivity contribution in [3.05, 3.63) is 118 Å². The van der Waals surface area contributed by atoms with Gasteiger partial charge in [0.15, 0.2) is 0 Å². The standard InChI is InChI=1S/C31H32N4/c1-20-15-26(16-21(2)30(20)34-24(5)28-11-7-9-13-32-28)19-27-17-22(3)31(23(4)18-27)35-25(6)29-12-8-10-14-33-29/h7-18H,19H2,1-6H3. The summed E-state index contributed by atoms with van der Waals surface area (Å²) in [5, 5.41) is 0. The zero-order valence-electron chi connectivity index (χ0n) is 21.4. The summed E-state index contributed by atoms with van der Waals surface area (Å²) in [6, 6.07) is 20.8. The average Bonchev–Trinajstić information content (AvgIpc) is 2.84. The molecule has 4 heteroatoms. The summed E-state index contributed by atoms with van der Waals surface area (Å²) in [4.78, 5) is 18.7. The van der Waals surface area contributed by atoms with Crippen LogP contribution < -0.4 is 0 Å². The van der Waals surface area contributed by atoms with E-state index >= 15 is 0 Å². The van der Waals surface area contributed by atoms with Gasteiger partial charge in [-0.05, 0) is 106 Å². The Hall–Kier alpha value is -3.92. The van der Waals surface area contributed by atoms with Gasteiger partial charge in [0.25, 0.3) is 0 Å². The van der Waals surface area contributed by atoms with Crippen LogP contribution >= 0.6 is 0 Å². The molecule has 0 N–H and O–H groups in total. The first-order valence-electron chi connectivity index (χ1n) is 12.0. The summed E-state index contributed by atoms with van der Waals surface area (Å²) >= 11 is 0. The summed E-state index contributed by atoms with van der Waals surface area (Å²) in [6.07, 6.45) is 4.48. The second-order valence-corrected chi connectivity index (χ2v) is 9.16. The third kappa shape index (κ3) is 5.78. The topological polar surface area (TPSA) is 50.5 Å². The molecule has 4 nitrogen and oxygen atoms in total. The van der Waals surface area contributed by atoms with E-state index in [-0.39, 0.29) is 0 Å². The van der Waals surface area contributed by atoms with Gasteiger partial charge in [0.1, 0.15) is 0 Å². The molecule has 0 atom stereocenters. The van der Waals surface area contributed by atoms with Gasteiger partial charge in [-0.1, -0.05) is 36.4 Å². The van der Waals surface area contributed by atoms with Crippen molar-refractivity contribution in [2.45, 2.75) is 48.0 Å². The Morgan fingerprint density at radius 1 is 0.600 bits per heavy atom. The Labute approximate surface area is 208 Å². The number of aliphatic imine (C=N–C) groups is 2. The fourth-order valence-electron chi connectivity index (χ4n) is 4.49. The molecule has 0 aliphatic carbocycles. The molecule has 2 aromatic carbocycles. The lowest BCUT2D eigenvalue weighted by Gasteiger charge is -2.13. The molecule has 0 aliphatic rings. The largest absolute Gasteiger partial charge is 0.255 e. The summed E-state index contributed by atoms with van der Waals surface area (Å²) in [5.74, 6) is 0. The molecule has 0 amide bonds. The van der Waals surface area contributed by atoms with Gasteiger partial charge in [0.2, 0.25) is 0 Å². The highest BCUT2D eigenvalue weighted by Crippen LogP contribution is 2.30. The highest BCUT2D eigenvalue weighted by Gasteiger charge is 2.10. The van der Waals surface area contributed by atoms with E-state index in [9.17, 15) is 0 Å². The predicted molar refractivity (Wildman–Crippen MR) is 147 cm³/mol. The van der Waals surface area contributed by atoms with Crippen molar-refractivity contribution in [1.29, 1.82) is 0 Å². The van der Waals surface area contributed by atoms with E-state index in [1.807, 2.05) is 50.2 Å². The predicted octanol–water partition coefficient (Wildman–Crippen LogP) is 7.58. The third-order valence-corrected chi connectivity index (χ3v) is 6.14. The smallest absolute Gasteiger partial charge is 0.0841 e. The van der Waals surface area contributed by atoms with Crippen molar-refractivity contribution in [3.8, 4) is 0 Å². The summed E-state index contributed by atoms with van der Waals surface area (Å²) < 4.78 is 0. The highest BCUT2D eigenvalue weighted by atomic mass is 14.8. The Morgan fingerprint density at radius 2 is 0.971 bits per heavy atom. The van der Waals surface area contributed by atoms with Crippen molar-refractivity contribution >= 4 is 22.8 Å². The Kier molecular flexibility index (Phi) is 7.31. The molecule has 0 fully saturated rings. The van der Waals surface area contributed by atoms with Crippen LogP contribution in [0.25, 0.3) is 0 Å². The number of hydrogen-bond acceptors (Lipinski definition) is 4. The number of rotatable bonds is 6. The van der Waals surface area contributed by atoms with Crippen molar-refractivity contribution in [2.24, 2.45) is 9.98 Å². The van der Waals surface area contributed by atoms with Crippen molar-refractivity contribution in [3.63, 3.8) is 0 Å². The molecule has 0 unspecified atom stereocenters. The molecule has 0 saturated heterocycles. The van der Waals surface area contributed by atoms with Crippen LogP contribution in [-0.4, -0.2) is 21.4 Å². The number of nitrogens with zero attached hydrogens (tertiary/aromatic N) is 4. The zero-order chi connectivity index (χ0) is 24.9. The maximum absolute atomic E-state index is 4.90. The Balaban J connectivity index is 1.59. The minimum absolute atomic E-state index is 0.871. The molecule has 4 aromatic rings. The molecule has 0 spiro atoms. The molecule has 35 heavy (non-hydrogen) atoms. The van der Waals surface area contributed by atoms with E-state index in [4.69, 9.17) is 9.98 Å². The zero-order valence-corrected chi connectivity index (χ0v) is 21.4. The van der Waals surface area contributed by atoms with Crippen LogP contribution in [0, 0.1) is 27.7 Å². The molecule has 0 saturated carbocycles. The molecule has 4 rings (SSSR count). The normalized spacial score (nSPS) is 12.2. The molecule has 0 radical (unpaired) electrons. The summed E-state index contributed by atoms with van der Waals surface area (Å²) in [6.45, 7) is 12.6. The first-order chi connectivity index (χ1) is 16.8. The molecule has 0 bridgehead atoms. The van der Waals surface area contributed by atoms with Crippen LogP contribution in [0.5, 0.6) is 0 Å². The van der Waals surface area contributed by atoms with Crippen molar-refractivity contribution in [2.75, 3.05) is 0 Å². The molecular weight excluding hydrogens is 428 g/mol. The highest BCUT2D eigenvalue weighted by molar-refractivity contribution is 5.99. The van der Waals surface area contributed by atoms with Gasteiger partial charge < -0.3 is 0 Å². The quantitative estimate of drug-likeness (QED) is 0.278. The second kappa shape index (κ2) is 10.6. The second-order valence-electron chi connectivity index (χ2n) is 9.16. The minimum atomic E-state index is 0.871. The van der Waals surface area contributed by atoms with E-state index in [0.717, 1.165) is 40.6 Å². The van der Waals surface area contributed by atoms with E-state index < -0.39 is 0 Å². The number of aromatic nitrogens is 2. The monoisotopic (exact) mass is 460 g/mol. The van der Waals surface area contributed by atoms with Gasteiger partial charge in [-0.3, -0.25) is 20.0 Å². The van der Waals surface area contributed by atoms with Crippen molar-refractivity contribution < 1.29 is 0 Å². The maximum atomic E-state index is 4.90. The van der Waals surface area contributed by atoms with Gasteiger partial charge in [0.05, 0.1) is 34.2 Å². The number of benzene rings is 2. The maximum Gasteiger partial charge on any atom is 0.0841 e. The average molecular weight is 461 g/mol. The lowest BCUT2D eigenvalue weighted by Crippen LogP contribution is -1.99. The Bertz CT molecular complexity index is 1250. The van der Waals surface area contributed by atoms with E-state index in [0.29, 0.717) is 0 Å². The van der Waals surface area contributed by atoms with E-state index in [1.54, 1.807) is 12.4 Å². The molecule has 2 aromatic heterocycles.